The summed E-state index contributed by atoms with van der Waals surface area (Å²) in [7, 11) is 1.54. The number of methoxy groups -OCH3 is 1. The molecule has 0 aliphatic carbocycles. The van der Waals surface area contributed by atoms with Gasteiger partial charge in [-0.15, -0.1) is 11.3 Å². The maximum Gasteiger partial charge on any atom is 0.261 e. The standard InChI is InChI=1S/C13H20N2O4S/c1-19-9-10(5-7-16)15-12(17)4-6-14-13(18)11-3-2-8-20-11/h2-3,8,10,16H,4-7,9H2,1H3,(H,14,18)(H,15,17). The molecule has 3 N–H and O–H groups in total. The molecule has 20 heavy (non-hydrogen) atoms. The minimum Gasteiger partial charge on any atom is -0.396 e. The lowest BCUT2D eigenvalue weighted by atomic mass is 10.2. The highest BCUT2D eigenvalue weighted by molar-refractivity contribution is 7.12. The summed E-state index contributed by atoms with van der Waals surface area (Å²) in [6, 6.07) is 3.33. The second-order valence-corrected chi connectivity index (χ2v) is 5.16. The maximum atomic E-state index is 11.7. The zero-order valence-corrected chi connectivity index (χ0v) is 12.2. The molecule has 0 spiro atoms. The lowest BCUT2D eigenvalue weighted by molar-refractivity contribution is -0.122. The van der Waals surface area contributed by atoms with Crippen LogP contribution in [0, 0.1) is 0 Å². The molecular weight excluding hydrogens is 280 g/mol. The van der Waals surface area contributed by atoms with E-state index >= 15 is 0 Å². The number of thiophene rings is 1. The van der Waals surface area contributed by atoms with Gasteiger partial charge < -0.3 is 20.5 Å². The summed E-state index contributed by atoms with van der Waals surface area (Å²) in [5.41, 5.74) is 0. The van der Waals surface area contributed by atoms with E-state index in [4.69, 9.17) is 9.84 Å². The second-order valence-electron chi connectivity index (χ2n) is 4.22. The van der Waals surface area contributed by atoms with Crippen molar-refractivity contribution in [2.75, 3.05) is 26.9 Å². The van der Waals surface area contributed by atoms with Gasteiger partial charge in [-0.05, 0) is 17.9 Å². The third-order valence-electron chi connectivity index (χ3n) is 2.59. The molecule has 1 aromatic heterocycles. The molecule has 0 fully saturated rings. The topological polar surface area (TPSA) is 87.7 Å². The van der Waals surface area contributed by atoms with Crippen molar-refractivity contribution in [2.45, 2.75) is 18.9 Å². The predicted octanol–water partition coefficient (Wildman–Crippen LogP) is 0.382. The summed E-state index contributed by atoms with van der Waals surface area (Å²) in [4.78, 5) is 23.9. The van der Waals surface area contributed by atoms with Gasteiger partial charge in [0.15, 0.2) is 0 Å². The van der Waals surface area contributed by atoms with Crippen molar-refractivity contribution in [1.82, 2.24) is 10.6 Å². The van der Waals surface area contributed by atoms with Crippen molar-refractivity contribution in [3.8, 4) is 0 Å². The summed E-state index contributed by atoms with van der Waals surface area (Å²) >= 11 is 1.36. The van der Waals surface area contributed by atoms with Crippen LogP contribution < -0.4 is 10.6 Å². The first-order chi connectivity index (χ1) is 9.67. The number of carbonyl (C=O) groups excluding carboxylic acids is 2. The molecule has 0 saturated carbocycles. The minimum absolute atomic E-state index is 0.0105. The van der Waals surface area contributed by atoms with Crippen LogP contribution in [0.4, 0.5) is 0 Å². The molecule has 7 heteroatoms. The van der Waals surface area contributed by atoms with Crippen molar-refractivity contribution in [3.63, 3.8) is 0 Å². The molecule has 2 amide bonds. The molecule has 1 heterocycles. The Kier molecular flexibility index (Phi) is 7.86. The second kappa shape index (κ2) is 9.46. The highest BCUT2D eigenvalue weighted by Crippen LogP contribution is 2.07. The van der Waals surface area contributed by atoms with Crippen LogP contribution in [0.5, 0.6) is 0 Å². The Labute approximate surface area is 122 Å². The van der Waals surface area contributed by atoms with E-state index in [0.29, 0.717) is 17.9 Å². The van der Waals surface area contributed by atoms with E-state index in [1.165, 1.54) is 18.4 Å². The van der Waals surface area contributed by atoms with Gasteiger partial charge in [0.2, 0.25) is 5.91 Å². The fraction of sp³-hybridized carbons (Fsp3) is 0.538. The number of hydrogen-bond donors (Lipinski definition) is 3. The Morgan fingerprint density at radius 3 is 2.90 bits per heavy atom. The quantitative estimate of drug-likeness (QED) is 0.615. The lowest BCUT2D eigenvalue weighted by Gasteiger charge is -2.16. The van der Waals surface area contributed by atoms with Crippen LogP contribution in [0.15, 0.2) is 17.5 Å². The number of aliphatic hydroxyl groups is 1. The van der Waals surface area contributed by atoms with Crippen LogP contribution in [-0.4, -0.2) is 49.8 Å². The van der Waals surface area contributed by atoms with Crippen molar-refractivity contribution < 1.29 is 19.4 Å². The van der Waals surface area contributed by atoms with E-state index < -0.39 is 0 Å². The lowest BCUT2D eigenvalue weighted by Crippen LogP contribution is -2.40. The van der Waals surface area contributed by atoms with Gasteiger partial charge in [0.05, 0.1) is 17.5 Å². The number of hydrogen-bond acceptors (Lipinski definition) is 5. The molecule has 0 saturated heterocycles. The zero-order valence-electron chi connectivity index (χ0n) is 11.4. The Bertz CT molecular complexity index is 403. The monoisotopic (exact) mass is 300 g/mol. The Hall–Kier alpha value is -1.44. The Morgan fingerprint density at radius 1 is 1.50 bits per heavy atom. The average Bonchev–Trinajstić information content (AvgIpc) is 2.93. The Balaban J connectivity index is 2.23. The smallest absolute Gasteiger partial charge is 0.261 e. The van der Waals surface area contributed by atoms with Gasteiger partial charge in [-0.1, -0.05) is 6.07 Å². The summed E-state index contributed by atoms with van der Waals surface area (Å²) in [5, 5.41) is 16.1. The van der Waals surface area contributed by atoms with Crippen molar-refractivity contribution in [1.29, 1.82) is 0 Å². The highest BCUT2D eigenvalue weighted by Gasteiger charge is 2.12. The first kappa shape index (κ1) is 16.6. The van der Waals surface area contributed by atoms with Crippen molar-refractivity contribution in [3.05, 3.63) is 22.4 Å². The van der Waals surface area contributed by atoms with E-state index in [1.807, 2.05) is 5.38 Å². The van der Waals surface area contributed by atoms with E-state index in [9.17, 15) is 9.59 Å². The summed E-state index contributed by atoms with van der Waals surface area (Å²) in [5.74, 6) is -0.344. The Morgan fingerprint density at radius 2 is 2.30 bits per heavy atom. The van der Waals surface area contributed by atoms with E-state index in [0.717, 1.165) is 0 Å². The molecular formula is C13H20N2O4S. The van der Waals surface area contributed by atoms with Gasteiger partial charge in [0, 0.05) is 26.7 Å². The molecule has 1 atom stereocenters. The molecule has 0 bridgehead atoms. The third kappa shape index (κ3) is 6.14. The van der Waals surface area contributed by atoms with Crippen LogP contribution in [0.2, 0.25) is 0 Å². The van der Waals surface area contributed by atoms with Crippen LogP contribution in [0.3, 0.4) is 0 Å². The van der Waals surface area contributed by atoms with E-state index in [-0.39, 0.29) is 37.4 Å². The molecule has 0 aliphatic rings. The molecule has 1 unspecified atom stereocenters. The predicted molar refractivity (Wildman–Crippen MR) is 76.8 cm³/mol. The number of nitrogens with one attached hydrogen (secondary N) is 2. The van der Waals surface area contributed by atoms with Gasteiger partial charge in [0.25, 0.3) is 5.91 Å². The average molecular weight is 300 g/mol. The fourth-order valence-corrected chi connectivity index (χ4v) is 2.28. The first-order valence-corrected chi connectivity index (χ1v) is 7.26. The van der Waals surface area contributed by atoms with Gasteiger partial charge in [0.1, 0.15) is 0 Å². The number of aliphatic hydroxyl groups excluding tert-OH is 1. The largest absolute Gasteiger partial charge is 0.396 e. The van der Waals surface area contributed by atoms with Gasteiger partial charge >= 0.3 is 0 Å². The van der Waals surface area contributed by atoms with Crippen LogP contribution in [0.1, 0.15) is 22.5 Å². The minimum atomic E-state index is -0.203. The number of rotatable bonds is 9. The summed E-state index contributed by atoms with van der Waals surface area (Å²) < 4.78 is 4.95. The van der Waals surface area contributed by atoms with E-state index in [2.05, 4.69) is 10.6 Å². The molecule has 1 rings (SSSR count). The fourth-order valence-electron chi connectivity index (χ4n) is 1.64. The first-order valence-electron chi connectivity index (χ1n) is 6.38. The van der Waals surface area contributed by atoms with Crippen molar-refractivity contribution in [2.24, 2.45) is 0 Å². The number of carbonyl (C=O) groups is 2. The highest BCUT2D eigenvalue weighted by atomic mass is 32.1. The molecule has 1 aromatic rings. The number of amides is 2. The van der Waals surface area contributed by atoms with Crippen molar-refractivity contribution >= 4 is 23.2 Å². The molecule has 112 valence electrons. The SMILES string of the molecule is COCC(CCO)NC(=O)CCNC(=O)c1cccs1. The van der Waals surface area contributed by atoms with Crippen LogP contribution >= 0.6 is 11.3 Å². The molecule has 6 nitrogen and oxygen atoms in total. The summed E-state index contributed by atoms with van der Waals surface area (Å²) in [6.07, 6.45) is 0.643. The van der Waals surface area contributed by atoms with Gasteiger partial charge in [-0.25, -0.2) is 0 Å². The zero-order chi connectivity index (χ0) is 14.8. The maximum absolute atomic E-state index is 11.7. The molecule has 0 aromatic carbocycles. The third-order valence-corrected chi connectivity index (χ3v) is 3.46. The summed E-state index contributed by atoms with van der Waals surface area (Å²) in [6.45, 7) is 0.624. The number of ether oxygens (including phenoxy) is 1. The van der Waals surface area contributed by atoms with Gasteiger partial charge in [-0.2, -0.15) is 0 Å². The molecule has 0 radical (unpaired) electrons. The van der Waals surface area contributed by atoms with Gasteiger partial charge in [-0.3, -0.25) is 9.59 Å². The van der Waals surface area contributed by atoms with Crippen LogP contribution in [-0.2, 0) is 9.53 Å². The van der Waals surface area contributed by atoms with Crippen LogP contribution in [0.25, 0.3) is 0 Å². The molecule has 0 aliphatic heterocycles. The normalized spacial score (nSPS) is 11.9. The van der Waals surface area contributed by atoms with E-state index in [1.54, 1.807) is 12.1 Å².